The zero-order chi connectivity index (χ0) is 21.5. The van der Waals surface area contributed by atoms with Gasteiger partial charge < -0.3 is 24.4 Å². The fourth-order valence-electron chi connectivity index (χ4n) is 3.96. The predicted octanol–water partition coefficient (Wildman–Crippen LogP) is 3.57. The molecule has 2 aromatic rings. The summed E-state index contributed by atoms with van der Waals surface area (Å²) in [7, 11) is 0. The monoisotopic (exact) mass is 414 g/mol. The lowest BCUT2D eigenvalue weighted by Crippen LogP contribution is -2.57. The van der Waals surface area contributed by atoms with E-state index in [4.69, 9.17) is 14.2 Å². The minimum atomic E-state index is -1.03. The number of hydrogen-bond acceptors (Lipinski definition) is 5. The third kappa shape index (κ3) is 5.90. The van der Waals surface area contributed by atoms with Crippen LogP contribution in [0.25, 0.3) is 0 Å². The van der Waals surface area contributed by atoms with E-state index in [9.17, 15) is 10.2 Å². The first-order valence-electron chi connectivity index (χ1n) is 10.8. The maximum absolute atomic E-state index is 10.6. The molecule has 5 nitrogen and oxygen atoms in total. The van der Waals surface area contributed by atoms with E-state index < -0.39 is 18.3 Å². The molecule has 1 aliphatic rings. The molecule has 0 amide bonds. The summed E-state index contributed by atoms with van der Waals surface area (Å²) in [5.74, 6) is 0.310. The second kappa shape index (κ2) is 11.0. The molecule has 1 aliphatic heterocycles. The van der Waals surface area contributed by atoms with Crippen LogP contribution in [0.15, 0.2) is 60.7 Å². The molecule has 0 radical (unpaired) electrons. The van der Waals surface area contributed by atoms with Crippen LogP contribution in [0.3, 0.4) is 0 Å². The van der Waals surface area contributed by atoms with Gasteiger partial charge in [0, 0.05) is 0 Å². The van der Waals surface area contributed by atoms with E-state index in [-0.39, 0.29) is 24.0 Å². The summed E-state index contributed by atoms with van der Waals surface area (Å²) >= 11 is 0. The van der Waals surface area contributed by atoms with Gasteiger partial charge in [-0.15, -0.1) is 0 Å². The first-order chi connectivity index (χ1) is 14.5. The topological polar surface area (TPSA) is 68.2 Å². The van der Waals surface area contributed by atoms with Crippen LogP contribution in [0.2, 0.25) is 0 Å². The van der Waals surface area contributed by atoms with E-state index in [0.29, 0.717) is 19.8 Å². The van der Waals surface area contributed by atoms with Crippen molar-refractivity contribution >= 4 is 0 Å². The van der Waals surface area contributed by atoms with E-state index in [2.05, 4.69) is 13.8 Å². The van der Waals surface area contributed by atoms with E-state index in [1.807, 2.05) is 60.7 Å². The molecule has 2 unspecified atom stereocenters. The Morgan fingerprint density at radius 1 is 0.867 bits per heavy atom. The predicted molar refractivity (Wildman–Crippen MR) is 116 cm³/mol. The second-order valence-electron chi connectivity index (χ2n) is 8.35. The summed E-state index contributed by atoms with van der Waals surface area (Å²) in [5.41, 5.74) is 2.18. The average Bonchev–Trinajstić information content (AvgIpc) is 2.76. The van der Waals surface area contributed by atoms with Crippen LogP contribution >= 0.6 is 0 Å². The molecular formula is C25H34O5. The lowest BCUT2D eigenvalue weighted by molar-refractivity contribution is -0.238. The highest BCUT2D eigenvalue weighted by Gasteiger charge is 2.46. The molecule has 0 bridgehead atoms. The van der Waals surface area contributed by atoms with Gasteiger partial charge in [-0.1, -0.05) is 74.5 Å². The van der Waals surface area contributed by atoms with Gasteiger partial charge in [0.2, 0.25) is 0 Å². The Bertz CT molecular complexity index is 734. The van der Waals surface area contributed by atoms with Crippen LogP contribution < -0.4 is 0 Å². The number of benzene rings is 2. The molecule has 0 aliphatic carbocycles. The van der Waals surface area contributed by atoms with Crippen LogP contribution in [0, 0.1) is 11.8 Å². The minimum absolute atomic E-state index is 0.131. The molecule has 7 atom stereocenters. The standard InChI is InChI=1S/C25H34O5/c1-17-18(2)24(29-15-21-12-8-5-9-13-21)25(23(27)19(3)26)30-22(17)16-28-14-20-10-6-4-7-11-20/h4-13,17-19,22-27H,14-16H2,1-3H3/t17-,18-,19+,22?,23-,24?,25+/m0/s1. The van der Waals surface area contributed by atoms with Crippen LogP contribution in [-0.4, -0.2) is 47.3 Å². The molecule has 0 aromatic heterocycles. The molecular weight excluding hydrogens is 380 g/mol. The van der Waals surface area contributed by atoms with Crippen molar-refractivity contribution in [3.63, 3.8) is 0 Å². The van der Waals surface area contributed by atoms with Crippen molar-refractivity contribution in [2.75, 3.05) is 6.61 Å². The SMILES string of the molecule is C[C@@H]1C(COCc2ccccc2)O[C@H]([C@@H](O)[C@@H](C)O)C(OCc2ccccc2)[C@H]1C. The van der Waals surface area contributed by atoms with Gasteiger partial charge in [0.05, 0.1) is 38.1 Å². The summed E-state index contributed by atoms with van der Waals surface area (Å²) in [4.78, 5) is 0. The molecule has 1 saturated heterocycles. The van der Waals surface area contributed by atoms with Gasteiger partial charge in [-0.2, -0.15) is 0 Å². The molecule has 2 N–H and O–H groups in total. The maximum atomic E-state index is 10.6. The Labute approximate surface area is 179 Å². The van der Waals surface area contributed by atoms with Gasteiger partial charge in [0.1, 0.15) is 12.2 Å². The molecule has 1 fully saturated rings. The quantitative estimate of drug-likeness (QED) is 0.657. The smallest absolute Gasteiger partial charge is 0.113 e. The van der Waals surface area contributed by atoms with Gasteiger partial charge in [0.15, 0.2) is 0 Å². The molecule has 0 saturated carbocycles. The van der Waals surface area contributed by atoms with Crippen molar-refractivity contribution < 1.29 is 24.4 Å². The lowest BCUT2D eigenvalue weighted by Gasteiger charge is -2.46. The van der Waals surface area contributed by atoms with Crippen molar-refractivity contribution in [1.82, 2.24) is 0 Å². The van der Waals surface area contributed by atoms with Crippen molar-refractivity contribution in [2.45, 2.75) is 64.5 Å². The molecule has 5 heteroatoms. The van der Waals surface area contributed by atoms with Crippen molar-refractivity contribution in [1.29, 1.82) is 0 Å². The van der Waals surface area contributed by atoms with Crippen molar-refractivity contribution in [3.05, 3.63) is 71.8 Å². The molecule has 2 aromatic carbocycles. The fraction of sp³-hybridized carbons (Fsp3) is 0.520. The van der Waals surface area contributed by atoms with Crippen LogP contribution in [-0.2, 0) is 27.4 Å². The highest BCUT2D eigenvalue weighted by atomic mass is 16.6. The fourth-order valence-corrected chi connectivity index (χ4v) is 3.96. The van der Waals surface area contributed by atoms with Crippen molar-refractivity contribution in [2.24, 2.45) is 11.8 Å². The first-order valence-corrected chi connectivity index (χ1v) is 10.8. The van der Waals surface area contributed by atoms with Gasteiger partial charge in [-0.25, -0.2) is 0 Å². The Balaban J connectivity index is 1.65. The first kappa shape index (κ1) is 22.9. The van der Waals surface area contributed by atoms with E-state index >= 15 is 0 Å². The number of aliphatic hydroxyl groups is 2. The highest BCUT2D eigenvalue weighted by Crippen LogP contribution is 2.35. The Morgan fingerprint density at radius 2 is 1.43 bits per heavy atom. The molecule has 30 heavy (non-hydrogen) atoms. The van der Waals surface area contributed by atoms with Crippen molar-refractivity contribution in [3.8, 4) is 0 Å². The van der Waals surface area contributed by atoms with Crippen LogP contribution in [0.1, 0.15) is 31.9 Å². The van der Waals surface area contributed by atoms with Gasteiger partial charge >= 0.3 is 0 Å². The Kier molecular flexibility index (Phi) is 8.42. The Morgan fingerprint density at radius 3 is 2.00 bits per heavy atom. The summed E-state index contributed by atoms with van der Waals surface area (Å²) in [5, 5.41) is 20.7. The molecule has 1 heterocycles. The van der Waals surface area contributed by atoms with Crippen LogP contribution in [0.5, 0.6) is 0 Å². The average molecular weight is 415 g/mol. The zero-order valence-corrected chi connectivity index (χ0v) is 18.1. The molecule has 0 spiro atoms. The summed E-state index contributed by atoms with van der Waals surface area (Å²) in [6.45, 7) is 7.20. The van der Waals surface area contributed by atoms with Gasteiger partial charge in [-0.05, 0) is 29.9 Å². The van der Waals surface area contributed by atoms with E-state index in [0.717, 1.165) is 11.1 Å². The third-order valence-corrected chi connectivity index (χ3v) is 6.10. The number of ether oxygens (including phenoxy) is 3. The third-order valence-electron chi connectivity index (χ3n) is 6.10. The summed E-state index contributed by atoms with van der Waals surface area (Å²) in [6, 6.07) is 20.0. The summed E-state index contributed by atoms with van der Waals surface area (Å²) < 4.78 is 18.4. The molecule has 164 valence electrons. The van der Waals surface area contributed by atoms with Gasteiger partial charge in [0.25, 0.3) is 0 Å². The molecule has 3 rings (SSSR count). The number of rotatable bonds is 9. The maximum Gasteiger partial charge on any atom is 0.113 e. The summed E-state index contributed by atoms with van der Waals surface area (Å²) in [6.07, 6.45) is -3.07. The van der Waals surface area contributed by atoms with Crippen LogP contribution in [0.4, 0.5) is 0 Å². The number of hydrogen-bond donors (Lipinski definition) is 2. The minimum Gasteiger partial charge on any atom is -0.391 e. The second-order valence-corrected chi connectivity index (χ2v) is 8.35. The lowest BCUT2D eigenvalue weighted by atomic mass is 9.79. The van der Waals surface area contributed by atoms with E-state index in [1.165, 1.54) is 0 Å². The number of aliphatic hydroxyl groups excluding tert-OH is 2. The largest absolute Gasteiger partial charge is 0.391 e. The Hall–Kier alpha value is -1.76. The van der Waals surface area contributed by atoms with Gasteiger partial charge in [-0.3, -0.25) is 0 Å². The normalized spacial score (nSPS) is 28.8. The highest BCUT2D eigenvalue weighted by molar-refractivity contribution is 5.14. The zero-order valence-electron chi connectivity index (χ0n) is 18.1. The van der Waals surface area contributed by atoms with E-state index in [1.54, 1.807) is 6.92 Å².